The highest BCUT2D eigenvalue weighted by Crippen LogP contribution is 2.38. The predicted molar refractivity (Wildman–Crippen MR) is 116 cm³/mol. The molecule has 0 aliphatic carbocycles. The van der Waals surface area contributed by atoms with Crippen molar-refractivity contribution < 1.29 is 29.2 Å². The Morgan fingerprint density at radius 3 is 1.97 bits per heavy atom. The summed E-state index contributed by atoms with van der Waals surface area (Å²) in [5, 5.41) is 19.2. The van der Waals surface area contributed by atoms with Gasteiger partial charge in [-0.25, -0.2) is 0 Å². The molecule has 0 spiro atoms. The Morgan fingerprint density at radius 1 is 0.931 bits per heavy atom. The van der Waals surface area contributed by atoms with Gasteiger partial charge in [-0.2, -0.15) is 0 Å². The van der Waals surface area contributed by atoms with Crippen LogP contribution in [0.2, 0.25) is 0 Å². The molecule has 8 nitrogen and oxygen atoms in total. The number of halogens is 2. The highest BCUT2D eigenvalue weighted by molar-refractivity contribution is 5.85. The van der Waals surface area contributed by atoms with Crippen molar-refractivity contribution in [1.29, 1.82) is 0 Å². The van der Waals surface area contributed by atoms with Crippen molar-refractivity contribution in [2.75, 3.05) is 73.8 Å². The van der Waals surface area contributed by atoms with Gasteiger partial charge in [-0.05, 0) is 17.7 Å². The van der Waals surface area contributed by atoms with Crippen LogP contribution in [0.3, 0.4) is 0 Å². The molecule has 0 saturated carbocycles. The van der Waals surface area contributed by atoms with E-state index in [9.17, 15) is 5.11 Å². The number of aliphatic hydroxyl groups is 2. The Kier molecular flexibility index (Phi) is 14.4. The zero-order valence-electron chi connectivity index (χ0n) is 17.3. The number of nitrogens with zero attached hydrogens (tertiary/aromatic N) is 2. The van der Waals surface area contributed by atoms with Gasteiger partial charge in [-0.1, -0.05) is 0 Å². The molecule has 1 saturated heterocycles. The summed E-state index contributed by atoms with van der Waals surface area (Å²) in [5.74, 6) is 1.71. The molecule has 1 aromatic carbocycles. The topological polar surface area (TPSA) is 83.9 Å². The molecule has 2 rings (SSSR count). The van der Waals surface area contributed by atoms with Gasteiger partial charge in [0.25, 0.3) is 0 Å². The van der Waals surface area contributed by atoms with Crippen molar-refractivity contribution in [2.45, 2.75) is 12.7 Å². The second-order valence-corrected chi connectivity index (χ2v) is 6.57. The van der Waals surface area contributed by atoms with Gasteiger partial charge in [0.15, 0.2) is 11.5 Å². The minimum absolute atomic E-state index is 0. The van der Waals surface area contributed by atoms with Crippen molar-refractivity contribution in [3.63, 3.8) is 0 Å². The maximum Gasteiger partial charge on any atom is 0.203 e. The van der Waals surface area contributed by atoms with Gasteiger partial charge in [0, 0.05) is 39.3 Å². The molecule has 1 unspecified atom stereocenters. The first-order valence-electron chi connectivity index (χ1n) is 9.21. The van der Waals surface area contributed by atoms with Crippen molar-refractivity contribution in [1.82, 2.24) is 9.80 Å². The molecule has 0 amide bonds. The van der Waals surface area contributed by atoms with E-state index >= 15 is 0 Å². The lowest BCUT2D eigenvalue weighted by Gasteiger charge is -2.35. The Hall–Kier alpha value is -1.00. The number of β-amino-alcohol motifs (C(OH)–C–C–N with tert-alkyl or cyclic N) is 2. The Morgan fingerprint density at radius 2 is 1.48 bits per heavy atom. The first-order valence-corrected chi connectivity index (χ1v) is 9.21. The zero-order chi connectivity index (χ0) is 19.6. The minimum atomic E-state index is -0.545. The van der Waals surface area contributed by atoms with Crippen LogP contribution in [0.4, 0.5) is 0 Å². The number of methoxy groups -OCH3 is 3. The number of benzene rings is 1. The lowest BCUT2D eigenvalue weighted by molar-refractivity contribution is 0.000450. The average molecular weight is 457 g/mol. The van der Waals surface area contributed by atoms with Gasteiger partial charge in [-0.15, -0.1) is 24.8 Å². The van der Waals surface area contributed by atoms with Crippen LogP contribution < -0.4 is 14.2 Å². The van der Waals surface area contributed by atoms with E-state index in [1.807, 2.05) is 12.1 Å². The number of rotatable bonds is 11. The number of piperazine rings is 1. The third-order valence-corrected chi connectivity index (χ3v) is 4.65. The fourth-order valence-corrected chi connectivity index (χ4v) is 3.22. The SMILES string of the molecule is COc1cc(COCC(O)CN2CCN(CCO)CC2)cc(OC)c1OC.Cl.Cl. The van der Waals surface area contributed by atoms with Crippen LogP contribution in [0.15, 0.2) is 12.1 Å². The summed E-state index contributed by atoms with van der Waals surface area (Å²) in [6.45, 7) is 5.71. The third kappa shape index (κ3) is 8.72. The van der Waals surface area contributed by atoms with Gasteiger partial charge < -0.3 is 29.2 Å². The molecule has 1 fully saturated rings. The summed E-state index contributed by atoms with van der Waals surface area (Å²) in [7, 11) is 4.72. The maximum atomic E-state index is 10.2. The van der Waals surface area contributed by atoms with Crippen LogP contribution in [0.1, 0.15) is 5.56 Å². The minimum Gasteiger partial charge on any atom is -0.493 e. The molecule has 1 atom stereocenters. The van der Waals surface area contributed by atoms with Crippen molar-refractivity contribution in [3.8, 4) is 17.2 Å². The standard InChI is InChI=1S/C19H32N2O6.2ClH/c1-24-17-10-15(11-18(25-2)19(17)26-3)13-27-14-16(23)12-21-6-4-20(5-7-21)8-9-22;;/h10-11,16,22-23H,4-9,12-14H2,1-3H3;2*1H. The number of hydrogen-bond acceptors (Lipinski definition) is 8. The second kappa shape index (κ2) is 14.9. The molecule has 1 heterocycles. The van der Waals surface area contributed by atoms with E-state index in [-0.39, 0.29) is 38.0 Å². The molecule has 170 valence electrons. The maximum absolute atomic E-state index is 10.2. The van der Waals surface area contributed by atoms with E-state index in [1.54, 1.807) is 21.3 Å². The fourth-order valence-electron chi connectivity index (χ4n) is 3.22. The zero-order valence-corrected chi connectivity index (χ0v) is 19.0. The normalized spacial score (nSPS) is 15.8. The van der Waals surface area contributed by atoms with E-state index in [4.69, 9.17) is 24.1 Å². The molecule has 29 heavy (non-hydrogen) atoms. The summed E-state index contributed by atoms with van der Waals surface area (Å²) in [6.07, 6.45) is -0.545. The Labute approximate surface area is 185 Å². The number of hydrogen-bond donors (Lipinski definition) is 2. The predicted octanol–water partition coefficient (Wildman–Crippen LogP) is 1.04. The van der Waals surface area contributed by atoms with Crippen LogP contribution in [0, 0.1) is 0 Å². The van der Waals surface area contributed by atoms with Gasteiger partial charge in [0.1, 0.15) is 0 Å². The quantitative estimate of drug-likeness (QED) is 0.510. The van der Waals surface area contributed by atoms with Gasteiger partial charge in [0.05, 0.1) is 47.3 Å². The van der Waals surface area contributed by atoms with E-state index in [1.165, 1.54) is 0 Å². The fraction of sp³-hybridized carbons (Fsp3) is 0.684. The summed E-state index contributed by atoms with van der Waals surface area (Å²) in [5.41, 5.74) is 0.884. The van der Waals surface area contributed by atoms with Crippen molar-refractivity contribution in [2.24, 2.45) is 0 Å². The molecule has 0 radical (unpaired) electrons. The van der Waals surface area contributed by atoms with Crippen molar-refractivity contribution >= 4 is 24.8 Å². The van der Waals surface area contributed by atoms with Crippen molar-refractivity contribution in [3.05, 3.63) is 17.7 Å². The molecule has 1 aliphatic rings. The van der Waals surface area contributed by atoms with Crippen LogP contribution in [-0.2, 0) is 11.3 Å². The molecule has 1 aliphatic heterocycles. The highest BCUT2D eigenvalue weighted by atomic mass is 35.5. The Bertz CT molecular complexity index is 549. The first kappa shape index (κ1) is 28.0. The Balaban J connectivity index is 0.00000392. The lowest BCUT2D eigenvalue weighted by Crippen LogP contribution is -2.49. The summed E-state index contributed by atoms with van der Waals surface area (Å²) in [6, 6.07) is 3.68. The number of aliphatic hydroxyl groups excluding tert-OH is 2. The van der Waals surface area contributed by atoms with Gasteiger partial charge >= 0.3 is 0 Å². The van der Waals surface area contributed by atoms with E-state index in [0.717, 1.165) is 31.7 Å². The first-order chi connectivity index (χ1) is 13.1. The van der Waals surface area contributed by atoms with Crippen LogP contribution in [0.5, 0.6) is 17.2 Å². The van der Waals surface area contributed by atoms with Gasteiger partial charge in [0.2, 0.25) is 5.75 Å². The molecule has 0 bridgehead atoms. The highest BCUT2D eigenvalue weighted by Gasteiger charge is 2.19. The molecule has 0 aromatic heterocycles. The van der Waals surface area contributed by atoms with E-state index in [2.05, 4.69) is 9.80 Å². The average Bonchev–Trinajstić information content (AvgIpc) is 2.68. The summed E-state index contributed by atoms with van der Waals surface area (Å²) < 4.78 is 21.7. The summed E-state index contributed by atoms with van der Waals surface area (Å²) in [4.78, 5) is 4.45. The van der Waals surface area contributed by atoms with Gasteiger partial charge in [-0.3, -0.25) is 9.80 Å². The second-order valence-electron chi connectivity index (χ2n) is 6.57. The van der Waals surface area contributed by atoms with E-state index in [0.29, 0.717) is 36.9 Å². The largest absolute Gasteiger partial charge is 0.493 e. The number of ether oxygens (including phenoxy) is 4. The van der Waals surface area contributed by atoms with E-state index < -0.39 is 6.10 Å². The smallest absolute Gasteiger partial charge is 0.203 e. The molecule has 1 aromatic rings. The molecule has 2 N–H and O–H groups in total. The molecular weight excluding hydrogens is 423 g/mol. The molecular formula is C19H34Cl2N2O6. The van der Waals surface area contributed by atoms with Crippen LogP contribution >= 0.6 is 24.8 Å². The molecule has 10 heteroatoms. The third-order valence-electron chi connectivity index (χ3n) is 4.65. The van der Waals surface area contributed by atoms with Crippen LogP contribution in [-0.4, -0.2) is 99.9 Å². The monoisotopic (exact) mass is 456 g/mol. The van der Waals surface area contributed by atoms with Crippen LogP contribution in [0.25, 0.3) is 0 Å². The lowest BCUT2D eigenvalue weighted by atomic mass is 10.2. The summed E-state index contributed by atoms with van der Waals surface area (Å²) >= 11 is 0.